The summed E-state index contributed by atoms with van der Waals surface area (Å²) in [5.41, 5.74) is 0.861. The summed E-state index contributed by atoms with van der Waals surface area (Å²) in [7, 11) is 0. The van der Waals surface area contributed by atoms with Gasteiger partial charge in [0, 0.05) is 6.54 Å². The maximum atomic E-state index is 13.9. The molecule has 21 heavy (non-hydrogen) atoms. The van der Waals surface area contributed by atoms with Crippen LogP contribution in [0.15, 0.2) is 12.1 Å². The minimum Gasteiger partial charge on any atom is -0.462 e. The van der Waals surface area contributed by atoms with E-state index in [4.69, 9.17) is 4.74 Å². The Kier molecular flexibility index (Phi) is 4.30. The van der Waals surface area contributed by atoms with Gasteiger partial charge >= 0.3 is 5.97 Å². The molecule has 0 aliphatic carbocycles. The molecular formula is C14H15F2N3O2. The Morgan fingerprint density at radius 2 is 2.05 bits per heavy atom. The lowest BCUT2D eigenvalue weighted by atomic mass is 10.1. The zero-order chi connectivity index (χ0) is 15.6. The SMILES string of the molecule is CCOC(=O)c1c(C)nn(CC)c1-c1ccc(F)nc1F. The van der Waals surface area contributed by atoms with Gasteiger partial charge in [0.15, 0.2) is 0 Å². The van der Waals surface area contributed by atoms with E-state index in [0.717, 1.165) is 6.07 Å². The van der Waals surface area contributed by atoms with Crippen LogP contribution >= 0.6 is 0 Å². The molecule has 0 aliphatic rings. The van der Waals surface area contributed by atoms with Gasteiger partial charge in [0.1, 0.15) is 5.56 Å². The fraction of sp³-hybridized carbons (Fsp3) is 0.357. The molecule has 5 nitrogen and oxygen atoms in total. The second-order valence-corrected chi connectivity index (χ2v) is 4.32. The number of esters is 1. The van der Waals surface area contributed by atoms with Gasteiger partial charge in [0.2, 0.25) is 11.9 Å². The third kappa shape index (κ3) is 2.76. The van der Waals surface area contributed by atoms with Crippen molar-refractivity contribution in [2.75, 3.05) is 6.61 Å². The summed E-state index contributed by atoms with van der Waals surface area (Å²) in [6.45, 7) is 5.74. The molecule has 0 saturated heterocycles. The Balaban J connectivity index is 2.68. The summed E-state index contributed by atoms with van der Waals surface area (Å²) >= 11 is 0. The summed E-state index contributed by atoms with van der Waals surface area (Å²) in [6.07, 6.45) is 0. The molecule has 2 aromatic heterocycles. The van der Waals surface area contributed by atoms with E-state index in [0.29, 0.717) is 12.2 Å². The number of aryl methyl sites for hydroxylation is 2. The lowest BCUT2D eigenvalue weighted by molar-refractivity contribution is 0.0526. The van der Waals surface area contributed by atoms with Crippen LogP contribution in [-0.2, 0) is 11.3 Å². The predicted octanol–water partition coefficient (Wildman–Crippen LogP) is 2.73. The fourth-order valence-corrected chi connectivity index (χ4v) is 2.12. The molecular weight excluding hydrogens is 280 g/mol. The molecule has 0 radical (unpaired) electrons. The average molecular weight is 295 g/mol. The summed E-state index contributed by atoms with van der Waals surface area (Å²) in [6, 6.07) is 2.28. The van der Waals surface area contributed by atoms with Crippen molar-refractivity contribution in [2.24, 2.45) is 0 Å². The van der Waals surface area contributed by atoms with E-state index in [1.807, 2.05) is 0 Å². The van der Waals surface area contributed by atoms with Crippen LogP contribution in [0.3, 0.4) is 0 Å². The molecule has 0 fully saturated rings. The largest absolute Gasteiger partial charge is 0.462 e. The molecule has 0 unspecified atom stereocenters. The Bertz CT molecular complexity index is 683. The van der Waals surface area contributed by atoms with Crippen molar-refractivity contribution < 1.29 is 18.3 Å². The highest BCUT2D eigenvalue weighted by Gasteiger charge is 2.25. The minimum absolute atomic E-state index is 0.0157. The number of pyridine rings is 1. The second kappa shape index (κ2) is 5.99. The highest BCUT2D eigenvalue weighted by atomic mass is 19.1. The topological polar surface area (TPSA) is 57.0 Å². The van der Waals surface area contributed by atoms with Gasteiger partial charge in [-0.2, -0.15) is 18.9 Å². The van der Waals surface area contributed by atoms with Gasteiger partial charge in [0.25, 0.3) is 0 Å². The zero-order valence-electron chi connectivity index (χ0n) is 12.0. The number of carbonyl (C=O) groups excluding carboxylic acids is 1. The number of halogens is 2. The first-order chi connectivity index (χ1) is 9.99. The molecule has 112 valence electrons. The van der Waals surface area contributed by atoms with E-state index in [9.17, 15) is 13.6 Å². The van der Waals surface area contributed by atoms with E-state index in [1.54, 1.807) is 20.8 Å². The van der Waals surface area contributed by atoms with Crippen molar-refractivity contribution in [3.63, 3.8) is 0 Å². The first-order valence-corrected chi connectivity index (χ1v) is 6.56. The van der Waals surface area contributed by atoms with E-state index >= 15 is 0 Å². The smallest absolute Gasteiger partial charge is 0.342 e. The average Bonchev–Trinajstić information content (AvgIpc) is 2.75. The molecule has 7 heteroatoms. The number of nitrogens with zero attached hydrogens (tertiary/aromatic N) is 3. The van der Waals surface area contributed by atoms with Crippen LogP contribution in [0.2, 0.25) is 0 Å². The van der Waals surface area contributed by atoms with Crippen LogP contribution in [0.1, 0.15) is 29.9 Å². The second-order valence-electron chi connectivity index (χ2n) is 4.32. The Hall–Kier alpha value is -2.31. The highest BCUT2D eigenvalue weighted by Crippen LogP contribution is 2.28. The summed E-state index contributed by atoms with van der Waals surface area (Å²) in [5, 5.41) is 4.20. The lowest BCUT2D eigenvalue weighted by Gasteiger charge is -2.08. The Morgan fingerprint density at radius 3 is 2.62 bits per heavy atom. The molecule has 0 aromatic carbocycles. The van der Waals surface area contributed by atoms with Gasteiger partial charge in [-0.25, -0.2) is 4.79 Å². The van der Waals surface area contributed by atoms with Gasteiger partial charge in [0.05, 0.1) is 23.6 Å². The van der Waals surface area contributed by atoms with Gasteiger partial charge in [-0.3, -0.25) is 4.68 Å². The minimum atomic E-state index is -0.991. The lowest BCUT2D eigenvalue weighted by Crippen LogP contribution is -2.09. The molecule has 0 bridgehead atoms. The summed E-state index contributed by atoms with van der Waals surface area (Å²) in [4.78, 5) is 15.2. The van der Waals surface area contributed by atoms with Gasteiger partial charge in [-0.15, -0.1) is 0 Å². The van der Waals surface area contributed by atoms with Crippen LogP contribution in [0.4, 0.5) is 8.78 Å². The predicted molar refractivity (Wildman–Crippen MR) is 71.7 cm³/mol. The maximum absolute atomic E-state index is 13.9. The third-order valence-corrected chi connectivity index (χ3v) is 2.98. The third-order valence-electron chi connectivity index (χ3n) is 2.98. The van der Waals surface area contributed by atoms with Crippen LogP contribution in [0.5, 0.6) is 0 Å². The molecule has 2 rings (SSSR count). The molecule has 0 saturated carbocycles. The van der Waals surface area contributed by atoms with E-state index in [-0.39, 0.29) is 23.4 Å². The van der Waals surface area contributed by atoms with Crippen molar-refractivity contribution in [2.45, 2.75) is 27.3 Å². The van der Waals surface area contributed by atoms with Crippen molar-refractivity contribution >= 4 is 5.97 Å². The van der Waals surface area contributed by atoms with Crippen molar-refractivity contribution in [3.8, 4) is 11.3 Å². The molecule has 2 aromatic rings. The summed E-state index contributed by atoms with van der Waals surface area (Å²) in [5.74, 6) is -2.50. The van der Waals surface area contributed by atoms with E-state index < -0.39 is 17.9 Å². The highest BCUT2D eigenvalue weighted by molar-refractivity contribution is 5.97. The quantitative estimate of drug-likeness (QED) is 0.643. The van der Waals surface area contributed by atoms with Gasteiger partial charge in [-0.1, -0.05) is 0 Å². The first-order valence-electron chi connectivity index (χ1n) is 6.56. The monoisotopic (exact) mass is 295 g/mol. The number of ether oxygens (including phenoxy) is 1. The number of hydrogen-bond acceptors (Lipinski definition) is 4. The van der Waals surface area contributed by atoms with Crippen LogP contribution in [0, 0.1) is 18.8 Å². The number of rotatable bonds is 4. The number of aromatic nitrogens is 3. The summed E-state index contributed by atoms with van der Waals surface area (Å²) < 4.78 is 33.4. The standard InChI is InChI=1S/C14H15F2N3O2/c1-4-19-12(9-6-7-10(15)17-13(9)16)11(8(3)18-19)14(20)21-5-2/h6-7H,4-5H2,1-3H3. The maximum Gasteiger partial charge on any atom is 0.342 e. The van der Waals surface area contributed by atoms with E-state index in [2.05, 4.69) is 10.1 Å². The Morgan fingerprint density at radius 1 is 1.33 bits per heavy atom. The van der Waals surface area contributed by atoms with Crippen molar-refractivity contribution in [1.82, 2.24) is 14.8 Å². The normalized spacial score (nSPS) is 10.7. The first kappa shape index (κ1) is 15.1. The van der Waals surface area contributed by atoms with Crippen LogP contribution in [-0.4, -0.2) is 27.3 Å². The molecule has 2 heterocycles. The van der Waals surface area contributed by atoms with Gasteiger partial charge < -0.3 is 4.74 Å². The van der Waals surface area contributed by atoms with Crippen LogP contribution < -0.4 is 0 Å². The molecule has 0 atom stereocenters. The zero-order valence-corrected chi connectivity index (χ0v) is 12.0. The van der Waals surface area contributed by atoms with Gasteiger partial charge in [-0.05, 0) is 32.9 Å². The Labute approximate surface area is 120 Å². The number of hydrogen-bond donors (Lipinski definition) is 0. The molecule has 0 amide bonds. The van der Waals surface area contributed by atoms with Crippen molar-refractivity contribution in [3.05, 3.63) is 35.3 Å². The number of carbonyl (C=O) groups is 1. The molecule has 0 aliphatic heterocycles. The fourth-order valence-electron chi connectivity index (χ4n) is 2.12. The van der Waals surface area contributed by atoms with Crippen molar-refractivity contribution in [1.29, 1.82) is 0 Å². The molecule has 0 N–H and O–H groups in total. The van der Waals surface area contributed by atoms with Crippen LogP contribution in [0.25, 0.3) is 11.3 Å². The van der Waals surface area contributed by atoms with E-state index in [1.165, 1.54) is 10.7 Å². The molecule has 0 spiro atoms.